The van der Waals surface area contributed by atoms with Crippen molar-refractivity contribution in [1.82, 2.24) is 5.32 Å². The molecule has 144 valence electrons. The minimum atomic E-state index is 0.0427. The zero-order valence-electron chi connectivity index (χ0n) is 16.2. The van der Waals surface area contributed by atoms with Crippen molar-refractivity contribution in [2.24, 2.45) is 0 Å². The van der Waals surface area contributed by atoms with Gasteiger partial charge in [0.2, 0.25) is 5.91 Å². The minimum absolute atomic E-state index is 0.0427. The van der Waals surface area contributed by atoms with Crippen LogP contribution in [0.1, 0.15) is 44.6 Å². The number of unbranched alkanes of at least 4 members (excludes halogenated alkanes) is 2. The Morgan fingerprint density at radius 3 is 2.63 bits per heavy atom. The normalized spacial score (nSPS) is 10.3. The second-order valence-electron chi connectivity index (χ2n) is 6.54. The lowest BCUT2D eigenvalue weighted by Gasteiger charge is -2.10. The van der Waals surface area contributed by atoms with E-state index < -0.39 is 0 Å². The van der Waals surface area contributed by atoms with Crippen LogP contribution >= 0.6 is 0 Å². The Bertz CT molecular complexity index is 713. The summed E-state index contributed by atoms with van der Waals surface area (Å²) in [4.78, 5) is 12.1. The Morgan fingerprint density at radius 2 is 1.85 bits per heavy atom. The van der Waals surface area contributed by atoms with Gasteiger partial charge in [-0.1, -0.05) is 56.3 Å². The number of hydrogen-bond donors (Lipinski definition) is 2. The van der Waals surface area contributed by atoms with Crippen molar-refractivity contribution in [2.75, 3.05) is 11.9 Å². The SMILES string of the molecule is C=C(CC)NCCCCCC(=O)Nc1cccc(OCc2ccccc2)c1. The maximum Gasteiger partial charge on any atom is 0.224 e. The van der Waals surface area contributed by atoms with E-state index in [2.05, 4.69) is 24.1 Å². The van der Waals surface area contributed by atoms with E-state index in [9.17, 15) is 4.79 Å². The van der Waals surface area contributed by atoms with Crippen molar-refractivity contribution in [3.63, 3.8) is 0 Å². The summed E-state index contributed by atoms with van der Waals surface area (Å²) in [5.74, 6) is 0.792. The van der Waals surface area contributed by atoms with E-state index in [0.29, 0.717) is 13.0 Å². The molecule has 4 nitrogen and oxygen atoms in total. The summed E-state index contributed by atoms with van der Waals surface area (Å²) in [5, 5.41) is 6.23. The molecule has 0 saturated heterocycles. The van der Waals surface area contributed by atoms with Crippen LogP contribution in [0.15, 0.2) is 66.9 Å². The van der Waals surface area contributed by atoms with Gasteiger partial charge in [-0.15, -0.1) is 0 Å². The fourth-order valence-corrected chi connectivity index (χ4v) is 2.61. The molecule has 0 aliphatic carbocycles. The van der Waals surface area contributed by atoms with Crippen LogP contribution in [0.4, 0.5) is 5.69 Å². The number of allylic oxidation sites excluding steroid dienone is 1. The quantitative estimate of drug-likeness (QED) is 0.503. The Labute approximate surface area is 162 Å². The van der Waals surface area contributed by atoms with Crippen LogP contribution in [0.5, 0.6) is 5.75 Å². The van der Waals surface area contributed by atoms with Crippen LogP contribution in [0.3, 0.4) is 0 Å². The summed E-state index contributed by atoms with van der Waals surface area (Å²) >= 11 is 0. The number of nitrogens with one attached hydrogen (secondary N) is 2. The number of anilines is 1. The molecule has 0 aromatic heterocycles. The van der Waals surface area contributed by atoms with Crippen LogP contribution in [-0.4, -0.2) is 12.5 Å². The van der Waals surface area contributed by atoms with Gasteiger partial charge in [0.1, 0.15) is 12.4 Å². The molecule has 1 amide bonds. The second kappa shape index (κ2) is 11.8. The largest absolute Gasteiger partial charge is 0.489 e. The van der Waals surface area contributed by atoms with E-state index in [4.69, 9.17) is 4.74 Å². The van der Waals surface area contributed by atoms with Crippen LogP contribution in [0.2, 0.25) is 0 Å². The molecule has 2 aromatic carbocycles. The molecule has 0 spiro atoms. The number of benzene rings is 2. The fourth-order valence-electron chi connectivity index (χ4n) is 2.61. The third kappa shape index (κ3) is 8.45. The van der Waals surface area contributed by atoms with Gasteiger partial charge in [-0.25, -0.2) is 0 Å². The van der Waals surface area contributed by atoms with E-state index in [1.54, 1.807) is 0 Å². The molecule has 0 heterocycles. The molecule has 0 atom stereocenters. The first kappa shape index (κ1) is 20.6. The van der Waals surface area contributed by atoms with Gasteiger partial charge in [0, 0.05) is 30.4 Å². The van der Waals surface area contributed by atoms with E-state index in [1.807, 2.05) is 54.6 Å². The topological polar surface area (TPSA) is 50.4 Å². The number of ether oxygens (including phenoxy) is 1. The van der Waals surface area contributed by atoms with Crippen molar-refractivity contribution in [3.8, 4) is 5.75 Å². The van der Waals surface area contributed by atoms with Gasteiger partial charge in [-0.05, 0) is 37.0 Å². The van der Waals surface area contributed by atoms with Crippen LogP contribution in [-0.2, 0) is 11.4 Å². The second-order valence-corrected chi connectivity index (χ2v) is 6.54. The highest BCUT2D eigenvalue weighted by atomic mass is 16.5. The standard InChI is InChI=1S/C23H30N2O2/c1-3-19(2)24-16-9-5-8-15-23(26)25-21-13-10-14-22(17-21)27-18-20-11-6-4-7-12-20/h4,6-7,10-14,17,24H,2-3,5,8-9,15-16,18H2,1H3,(H,25,26). The molecule has 0 bridgehead atoms. The van der Waals surface area contributed by atoms with Gasteiger partial charge in [-0.2, -0.15) is 0 Å². The van der Waals surface area contributed by atoms with Crippen molar-refractivity contribution in [3.05, 3.63) is 72.4 Å². The van der Waals surface area contributed by atoms with Crippen LogP contribution in [0.25, 0.3) is 0 Å². The summed E-state index contributed by atoms with van der Waals surface area (Å²) in [6.07, 6.45) is 4.45. The summed E-state index contributed by atoms with van der Waals surface area (Å²) in [6.45, 7) is 7.44. The number of carbonyl (C=O) groups is 1. The van der Waals surface area contributed by atoms with Gasteiger partial charge < -0.3 is 15.4 Å². The molecule has 2 aromatic rings. The van der Waals surface area contributed by atoms with Crippen LogP contribution in [0, 0.1) is 0 Å². The predicted molar refractivity (Wildman–Crippen MR) is 112 cm³/mol. The lowest BCUT2D eigenvalue weighted by atomic mass is 10.2. The molecule has 2 rings (SSSR count). The van der Waals surface area contributed by atoms with Crippen molar-refractivity contribution in [1.29, 1.82) is 0 Å². The first-order valence-electron chi connectivity index (χ1n) is 9.65. The van der Waals surface area contributed by atoms with Crippen molar-refractivity contribution < 1.29 is 9.53 Å². The monoisotopic (exact) mass is 366 g/mol. The summed E-state index contributed by atoms with van der Waals surface area (Å²) < 4.78 is 5.80. The molecule has 0 radical (unpaired) electrons. The molecular weight excluding hydrogens is 336 g/mol. The highest BCUT2D eigenvalue weighted by Gasteiger charge is 2.04. The predicted octanol–water partition coefficient (Wildman–Crippen LogP) is 5.28. The van der Waals surface area contributed by atoms with Crippen LogP contribution < -0.4 is 15.4 Å². The molecule has 0 aliphatic rings. The van der Waals surface area contributed by atoms with Gasteiger partial charge in [0.25, 0.3) is 0 Å². The van der Waals surface area contributed by atoms with Crippen molar-refractivity contribution >= 4 is 11.6 Å². The Hall–Kier alpha value is -2.75. The number of hydrogen-bond acceptors (Lipinski definition) is 3. The summed E-state index contributed by atoms with van der Waals surface area (Å²) in [5.41, 5.74) is 2.96. The average molecular weight is 367 g/mol. The third-order valence-electron chi connectivity index (χ3n) is 4.25. The highest BCUT2D eigenvalue weighted by Crippen LogP contribution is 2.19. The zero-order valence-corrected chi connectivity index (χ0v) is 16.2. The molecule has 0 aliphatic heterocycles. The molecular formula is C23H30N2O2. The van der Waals surface area contributed by atoms with Crippen molar-refractivity contribution in [2.45, 2.75) is 45.6 Å². The fraction of sp³-hybridized carbons (Fsp3) is 0.348. The smallest absolute Gasteiger partial charge is 0.224 e. The molecule has 2 N–H and O–H groups in total. The zero-order chi connectivity index (χ0) is 19.3. The lowest BCUT2D eigenvalue weighted by Crippen LogP contribution is -2.14. The van der Waals surface area contributed by atoms with E-state index >= 15 is 0 Å². The van der Waals surface area contributed by atoms with E-state index in [1.165, 1.54) is 0 Å². The number of amides is 1. The summed E-state index contributed by atoms with van der Waals surface area (Å²) in [7, 11) is 0. The van der Waals surface area contributed by atoms with Gasteiger partial charge in [0.05, 0.1) is 0 Å². The third-order valence-corrected chi connectivity index (χ3v) is 4.25. The highest BCUT2D eigenvalue weighted by molar-refractivity contribution is 5.90. The first-order valence-corrected chi connectivity index (χ1v) is 9.65. The Balaban J connectivity index is 1.67. The number of rotatable bonds is 12. The maximum absolute atomic E-state index is 12.1. The molecule has 0 saturated carbocycles. The van der Waals surface area contributed by atoms with E-state index in [-0.39, 0.29) is 5.91 Å². The Kier molecular flexibility index (Phi) is 8.98. The lowest BCUT2D eigenvalue weighted by molar-refractivity contribution is -0.116. The first-order chi connectivity index (χ1) is 13.2. The molecule has 27 heavy (non-hydrogen) atoms. The molecule has 0 unspecified atom stereocenters. The van der Waals surface area contributed by atoms with Gasteiger partial charge in [0.15, 0.2) is 0 Å². The minimum Gasteiger partial charge on any atom is -0.489 e. The maximum atomic E-state index is 12.1. The van der Waals surface area contributed by atoms with E-state index in [0.717, 1.165) is 54.9 Å². The average Bonchev–Trinajstić information content (AvgIpc) is 2.70. The van der Waals surface area contributed by atoms with Gasteiger partial charge in [-0.3, -0.25) is 4.79 Å². The van der Waals surface area contributed by atoms with Gasteiger partial charge >= 0.3 is 0 Å². The Morgan fingerprint density at radius 1 is 1.04 bits per heavy atom. The molecule has 4 heteroatoms. The molecule has 0 fully saturated rings. The summed E-state index contributed by atoms with van der Waals surface area (Å²) in [6, 6.07) is 17.6. The number of carbonyl (C=O) groups excluding carboxylic acids is 1.